The van der Waals surface area contributed by atoms with E-state index < -0.39 is 0 Å². The summed E-state index contributed by atoms with van der Waals surface area (Å²) in [6, 6.07) is 3.49. The average molecular weight is 262 g/mol. The lowest BCUT2D eigenvalue weighted by Crippen LogP contribution is -2.05. The standard InChI is InChI=1S/C13H15FN4O/c1-7-5-8(2)10(9(14)6-7)11-16-12(15-3)18-13(17-11)19-4/h5-6H,1-4H3,(H,15,16,17,18). The van der Waals surface area contributed by atoms with E-state index in [1.54, 1.807) is 7.05 Å². The van der Waals surface area contributed by atoms with Crippen LogP contribution in [0.15, 0.2) is 12.1 Å². The Morgan fingerprint density at radius 1 is 1.16 bits per heavy atom. The fourth-order valence-corrected chi connectivity index (χ4v) is 1.87. The molecule has 5 nitrogen and oxygen atoms in total. The first kappa shape index (κ1) is 13.2. The molecule has 0 atom stereocenters. The molecule has 6 heteroatoms. The minimum atomic E-state index is -0.354. The van der Waals surface area contributed by atoms with Crippen molar-refractivity contribution < 1.29 is 9.13 Å². The zero-order valence-corrected chi connectivity index (χ0v) is 11.3. The zero-order chi connectivity index (χ0) is 14.0. The van der Waals surface area contributed by atoms with Crippen LogP contribution in [0.5, 0.6) is 6.01 Å². The summed E-state index contributed by atoms with van der Waals surface area (Å²) in [5.74, 6) is 0.236. The Morgan fingerprint density at radius 2 is 1.89 bits per heavy atom. The van der Waals surface area contributed by atoms with E-state index in [9.17, 15) is 4.39 Å². The molecular formula is C13H15FN4O. The second kappa shape index (κ2) is 5.17. The molecule has 2 aromatic rings. The molecule has 0 bridgehead atoms. The molecule has 0 saturated heterocycles. The normalized spacial score (nSPS) is 10.4. The van der Waals surface area contributed by atoms with E-state index in [4.69, 9.17) is 4.74 Å². The molecule has 1 aromatic heterocycles. The zero-order valence-electron chi connectivity index (χ0n) is 11.3. The predicted octanol–water partition coefficient (Wildman–Crippen LogP) is 2.34. The van der Waals surface area contributed by atoms with Gasteiger partial charge in [-0.15, -0.1) is 0 Å². The summed E-state index contributed by atoms with van der Waals surface area (Å²) < 4.78 is 19.1. The van der Waals surface area contributed by atoms with E-state index in [0.29, 0.717) is 11.5 Å². The van der Waals surface area contributed by atoms with Crippen LogP contribution in [0.2, 0.25) is 0 Å². The average Bonchev–Trinajstić information content (AvgIpc) is 2.37. The SMILES string of the molecule is CNc1nc(OC)nc(-c2c(C)cc(C)cc2F)n1. The van der Waals surface area contributed by atoms with Gasteiger partial charge in [0, 0.05) is 7.05 Å². The van der Waals surface area contributed by atoms with Crippen LogP contribution in [-0.4, -0.2) is 29.1 Å². The highest BCUT2D eigenvalue weighted by Gasteiger charge is 2.15. The Kier molecular flexibility index (Phi) is 3.59. The van der Waals surface area contributed by atoms with Gasteiger partial charge in [-0.25, -0.2) is 4.39 Å². The number of ether oxygens (including phenoxy) is 1. The third-order valence-corrected chi connectivity index (χ3v) is 2.68. The van der Waals surface area contributed by atoms with Crippen molar-refractivity contribution in [3.8, 4) is 17.4 Å². The monoisotopic (exact) mass is 262 g/mol. The lowest BCUT2D eigenvalue weighted by Gasteiger charge is -2.09. The first-order valence-electron chi connectivity index (χ1n) is 5.80. The molecular weight excluding hydrogens is 247 g/mol. The Bertz CT molecular complexity index is 570. The Labute approximate surface area is 110 Å². The largest absolute Gasteiger partial charge is 0.467 e. The van der Waals surface area contributed by atoms with Crippen LogP contribution in [0.3, 0.4) is 0 Å². The number of anilines is 1. The van der Waals surface area contributed by atoms with Crippen molar-refractivity contribution in [1.29, 1.82) is 0 Å². The smallest absolute Gasteiger partial charge is 0.321 e. The van der Waals surface area contributed by atoms with Gasteiger partial charge >= 0.3 is 6.01 Å². The van der Waals surface area contributed by atoms with E-state index in [-0.39, 0.29) is 17.7 Å². The number of methoxy groups -OCH3 is 1. The summed E-state index contributed by atoms with van der Waals surface area (Å²) in [6.07, 6.45) is 0. The van der Waals surface area contributed by atoms with E-state index in [2.05, 4.69) is 20.3 Å². The number of nitrogens with one attached hydrogen (secondary N) is 1. The van der Waals surface area contributed by atoms with Crippen molar-refractivity contribution in [2.45, 2.75) is 13.8 Å². The second-order valence-corrected chi connectivity index (χ2v) is 4.16. The molecule has 100 valence electrons. The second-order valence-electron chi connectivity index (χ2n) is 4.16. The maximum Gasteiger partial charge on any atom is 0.321 e. The van der Waals surface area contributed by atoms with Crippen molar-refractivity contribution in [2.24, 2.45) is 0 Å². The summed E-state index contributed by atoms with van der Waals surface area (Å²) in [5.41, 5.74) is 1.99. The molecule has 0 radical (unpaired) electrons. The van der Waals surface area contributed by atoms with Crippen molar-refractivity contribution in [3.63, 3.8) is 0 Å². The number of halogens is 1. The molecule has 0 fully saturated rings. The van der Waals surface area contributed by atoms with Crippen molar-refractivity contribution >= 4 is 5.95 Å². The molecule has 0 amide bonds. The van der Waals surface area contributed by atoms with Gasteiger partial charge < -0.3 is 10.1 Å². The topological polar surface area (TPSA) is 59.9 Å². The molecule has 1 heterocycles. The lowest BCUT2D eigenvalue weighted by molar-refractivity contribution is 0.379. The summed E-state index contributed by atoms with van der Waals surface area (Å²) in [4.78, 5) is 12.3. The molecule has 19 heavy (non-hydrogen) atoms. The first-order chi connectivity index (χ1) is 9.05. The van der Waals surface area contributed by atoms with E-state index in [1.165, 1.54) is 13.2 Å². The third kappa shape index (κ3) is 2.62. The summed E-state index contributed by atoms with van der Waals surface area (Å²) in [6.45, 7) is 3.66. The van der Waals surface area contributed by atoms with Crippen LogP contribution in [0.4, 0.5) is 10.3 Å². The number of nitrogens with zero attached hydrogens (tertiary/aromatic N) is 3. The van der Waals surface area contributed by atoms with Gasteiger partial charge in [-0.05, 0) is 31.0 Å². The predicted molar refractivity (Wildman–Crippen MR) is 70.8 cm³/mol. The minimum absolute atomic E-state index is 0.147. The van der Waals surface area contributed by atoms with Crippen molar-refractivity contribution in [1.82, 2.24) is 15.0 Å². The highest BCUT2D eigenvalue weighted by atomic mass is 19.1. The van der Waals surface area contributed by atoms with Gasteiger partial charge in [-0.2, -0.15) is 15.0 Å². The van der Waals surface area contributed by atoms with Gasteiger partial charge in [0.1, 0.15) is 5.82 Å². The van der Waals surface area contributed by atoms with Gasteiger partial charge in [-0.3, -0.25) is 0 Å². The van der Waals surface area contributed by atoms with Crippen LogP contribution in [0.25, 0.3) is 11.4 Å². The number of hydrogen-bond acceptors (Lipinski definition) is 5. The number of hydrogen-bond donors (Lipinski definition) is 1. The summed E-state index contributed by atoms with van der Waals surface area (Å²) in [5, 5.41) is 2.80. The third-order valence-electron chi connectivity index (χ3n) is 2.68. The van der Waals surface area contributed by atoms with Crippen molar-refractivity contribution in [2.75, 3.05) is 19.5 Å². The Morgan fingerprint density at radius 3 is 2.47 bits per heavy atom. The molecule has 0 spiro atoms. The summed E-state index contributed by atoms with van der Waals surface area (Å²) >= 11 is 0. The molecule has 0 aliphatic rings. The van der Waals surface area contributed by atoms with Gasteiger partial charge in [0.25, 0.3) is 0 Å². The van der Waals surface area contributed by atoms with Gasteiger partial charge in [0.05, 0.1) is 12.7 Å². The maximum atomic E-state index is 14.1. The molecule has 0 aliphatic carbocycles. The van der Waals surface area contributed by atoms with Gasteiger partial charge in [-0.1, -0.05) is 6.07 Å². The maximum absolute atomic E-state index is 14.1. The quantitative estimate of drug-likeness (QED) is 0.920. The van der Waals surface area contributed by atoms with Crippen LogP contribution >= 0.6 is 0 Å². The molecule has 0 unspecified atom stereocenters. The Balaban J connectivity index is 2.64. The number of aryl methyl sites for hydroxylation is 2. The first-order valence-corrected chi connectivity index (χ1v) is 5.80. The number of benzene rings is 1. The van der Waals surface area contributed by atoms with Crippen LogP contribution in [0.1, 0.15) is 11.1 Å². The van der Waals surface area contributed by atoms with Gasteiger partial charge in [0.15, 0.2) is 5.82 Å². The molecule has 1 aromatic carbocycles. The van der Waals surface area contributed by atoms with Crippen molar-refractivity contribution in [3.05, 3.63) is 29.1 Å². The summed E-state index contributed by atoms with van der Waals surface area (Å²) in [7, 11) is 3.13. The van der Waals surface area contributed by atoms with Crippen LogP contribution < -0.4 is 10.1 Å². The highest BCUT2D eigenvalue weighted by Crippen LogP contribution is 2.26. The van der Waals surface area contributed by atoms with E-state index in [1.807, 2.05) is 19.9 Å². The number of rotatable bonds is 3. The number of aromatic nitrogens is 3. The molecule has 1 N–H and O–H groups in total. The van der Waals surface area contributed by atoms with Crippen LogP contribution in [-0.2, 0) is 0 Å². The molecule has 0 saturated carbocycles. The molecule has 2 rings (SSSR count). The lowest BCUT2D eigenvalue weighted by atomic mass is 10.0. The molecule has 0 aliphatic heterocycles. The van der Waals surface area contributed by atoms with E-state index >= 15 is 0 Å². The fraction of sp³-hybridized carbons (Fsp3) is 0.308. The fourth-order valence-electron chi connectivity index (χ4n) is 1.87. The Hall–Kier alpha value is -2.24. The highest BCUT2D eigenvalue weighted by molar-refractivity contribution is 5.62. The van der Waals surface area contributed by atoms with Gasteiger partial charge in [0.2, 0.25) is 5.95 Å². The van der Waals surface area contributed by atoms with E-state index in [0.717, 1.165) is 11.1 Å². The minimum Gasteiger partial charge on any atom is -0.467 e. The van der Waals surface area contributed by atoms with Crippen LogP contribution in [0, 0.1) is 19.7 Å².